The molecule has 0 amide bonds. The molecule has 4 nitrogen and oxygen atoms in total. The van der Waals surface area contributed by atoms with E-state index in [2.05, 4.69) is 0 Å². The lowest BCUT2D eigenvalue weighted by Crippen LogP contribution is -2.24. The van der Waals surface area contributed by atoms with Crippen molar-refractivity contribution in [1.29, 1.82) is 0 Å². The molecule has 3 aromatic rings. The number of hydrogen-bond donors (Lipinski definition) is 0. The number of carbonyl (C=O) groups is 1. The quantitative estimate of drug-likeness (QED) is 0.537. The van der Waals surface area contributed by atoms with Gasteiger partial charge in [0.25, 0.3) is 5.56 Å². The van der Waals surface area contributed by atoms with E-state index >= 15 is 0 Å². The fraction of sp³-hybridized carbons (Fsp3) is 0.125. The van der Waals surface area contributed by atoms with Crippen molar-refractivity contribution in [3.63, 3.8) is 0 Å². The summed E-state index contributed by atoms with van der Waals surface area (Å²) in [4.78, 5) is 24.6. The smallest absolute Gasteiger partial charge is 0.344 e. The number of rotatable bonds is 2. The van der Waals surface area contributed by atoms with Gasteiger partial charge in [0.05, 0.1) is 12.1 Å². The molecular weight excluding hydrogens is 273 g/mol. The van der Waals surface area contributed by atoms with Crippen LogP contribution >= 0.6 is 0 Å². The van der Waals surface area contributed by atoms with Crippen molar-refractivity contribution in [3.8, 4) is 0 Å². The van der Waals surface area contributed by atoms with Gasteiger partial charge in [0.15, 0.2) is 0 Å². The number of halogens is 1. The Labute approximate surface area is 119 Å². The van der Waals surface area contributed by atoms with Crippen LogP contribution in [0.25, 0.3) is 16.3 Å². The standard InChI is InChI=1S/C16H12FNO3/c1-2-21-16(20)14-12-9-10(17)6-7-11(12)13-5-3-4-8-18(13)15(14)19/h3-9H,2H2,1H3. The summed E-state index contributed by atoms with van der Waals surface area (Å²) in [6, 6.07) is 9.27. The van der Waals surface area contributed by atoms with Crippen LogP contribution in [0.1, 0.15) is 17.3 Å². The third-order valence-corrected chi connectivity index (χ3v) is 3.30. The number of hydrogen-bond acceptors (Lipinski definition) is 3. The summed E-state index contributed by atoms with van der Waals surface area (Å²) in [6.45, 7) is 1.80. The molecule has 0 atom stereocenters. The van der Waals surface area contributed by atoms with Gasteiger partial charge in [0.1, 0.15) is 11.4 Å². The monoisotopic (exact) mass is 285 g/mol. The summed E-state index contributed by atoms with van der Waals surface area (Å²) in [5, 5.41) is 0.893. The molecule has 106 valence electrons. The largest absolute Gasteiger partial charge is 0.462 e. The molecule has 0 saturated carbocycles. The average Bonchev–Trinajstić information content (AvgIpc) is 2.47. The van der Waals surface area contributed by atoms with Gasteiger partial charge in [-0.05, 0) is 37.3 Å². The molecule has 2 heterocycles. The van der Waals surface area contributed by atoms with Crippen LogP contribution in [-0.4, -0.2) is 17.0 Å². The van der Waals surface area contributed by atoms with Crippen LogP contribution in [0.4, 0.5) is 4.39 Å². The van der Waals surface area contributed by atoms with Crippen molar-refractivity contribution in [1.82, 2.24) is 4.40 Å². The number of ether oxygens (including phenoxy) is 1. The van der Waals surface area contributed by atoms with E-state index in [1.54, 1.807) is 37.4 Å². The Balaban J connectivity index is 2.53. The molecule has 21 heavy (non-hydrogen) atoms. The SMILES string of the molecule is CCOC(=O)c1c(=O)n2ccccc2c2ccc(F)cc12. The van der Waals surface area contributed by atoms with Crippen LogP contribution in [0.3, 0.4) is 0 Å². The highest BCUT2D eigenvalue weighted by Gasteiger charge is 2.19. The maximum atomic E-state index is 13.5. The van der Waals surface area contributed by atoms with Crippen molar-refractivity contribution in [2.24, 2.45) is 0 Å². The summed E-state index contributed by atoms with van der Waals surface area (Å²) in [6.07, 6.45) is 1.57. The zero-order chi connectivity index (χ0) is 15.0. The van der Waals surface area contributed by atoms with Crippen LogP contribution in [0.2, 0.25) is 0 Å². The minimum absolute atomic E-state index is 0.143. The van der Waals surface area contributed by atoms with Crippen LogP contribution < -0.4 is 5.56 Å². The van der Waals surface area contributed by atoms with Crippen LogP contribution in [-0.2, 0) is 4.74 Å². The molecule has 0 radical (unpaired) electrons. The molecule has 0 N–H and O–H groups in total. The van der Waals surface area contributed by atoms with Gasteiger partial charge in [-0.3, -0.25) is 9.20 Å². The van der Waals surface area contributed by atoms with E-state index in [9.17, 15) is 14.0 Å². The molecular formula is C16H12FNO3. The molecule has 1 aromatic carbocycles. The summed E-state index contributed by atoms with van der Waals surface area (Å²) >= 11 is 0. The lowest BCUT2D eigenvalue weighted by atomic mass is 10.0. The first kappa shape index (κ1) is 13.3. The number of carbonyl (C=O) groups excluding carboxylic acids is 1. The van der Waals surface area contributed by atoms with E-state index in [1.165, 1.54) is 16.5 Å². The van der Waals surface area contributed by atoms with Crippen molar-refractivity contribution in [2.75, 3.05) is 6.61 Å². The maximum absolute atomic E-state index is 13.5. The predicted octanol–water partition coefficient (Wildman–Crippen LogP) is 2.77. The van der Waals surface area contributed by atoms with Crippen molar-refractivity contribution in [3.05, 3.63) is 64.3 Å². The Kier molecular flexibility index (Phi) is 3.17. The molecule has 2 aromatic heterocycles. The van der Waals surface area contributed by atoms with Gasteiger partial charge in [-0.1, -0.05) is 6.07 Å². The highest BCUT2D eigenvalue weighted by atomic mass is 19.1. The second kappa shape index (κ2) is 5.01. The Hall–Kier alpha value is -2.69. The number of aromatic nitrogens is 1. The lowest BCUT2D eigenvalue weighted by molar-refractivity contribution is 0.0526. The lowest BCUT2D eigenvalue weighted by Gasteiger charge is -2.10. The van der Waals surface area contributed by atoms with Crippen molar-refractivity contribution >= 4 is 22.3 Å². The number of fused-ring (bicyclic) bond motifs is 3. The van der Waals surface area contributed by atoms with E-state index < -0.39 is 17.3 Å². The first-order chi connectivity index (χ1) is 10.1. The first-order valence-electron chi connectivity index (χ1n) is 6.53. The first-order valence-corrected chi connectivity index (χ1v) is 6.53. The highest BCUT2D eigenvalue weighted by molar-refractivity contribution is 6.08. The van der Waals surface area contributed by atoms with Gasteiger partial charge in [-0.15, -0.1) is 0 Å². The Morgan fingerprint density at radius 3 is 2.81 bits per heavy atom. The van der Waals surface area contributed by atoms with Gasteiger partial charge in [-0.2, -0.15) is 0 Å². The third-order valence-electron chi connectivity index (χ3n) is 3.30. The van der Waals surface area contributed by atoms with Crippen LogP contribution in [0.5, 0.6) is 0 Å². The number of esters is 1. The van der Waals surface area contributed by atoms with Crippen molar-refractivity contribution < 1.29 is 13.9 Å². The van der Waals surface area contributed by atoms with Gasteiger partial charge < -0.3 is 4.74 Å². The van der Waals surface area contributed by atoms with E-state index in [0.29, 0.717) is 10.9 Å². The fourth-order valence-electron chi connectivity index (χ4n) is 2.42. The summed E-state index contributed by atoms with van der Waals surface area (Å²) in [7, 11) is 0. The van der Waals surface area contributed by atoms with E-state index in [1.807, 2.05) is 0 Å². The third kappa shape index (κ3) is 2.07. The molecule has 0 aliphatic rings. The molecule has 0 fully saturated rings. The van der Waals surface area contributed by atoms with Crippen molar-refractivity contribution in [2.45, 2.75) is 6.92 Å². The molecule has 0 aliphatic heterocycles. The summed E-state index contributed by atoms with van der Waals surface area (Å²) in [5.74, 6) is -1.25. The topological polar surface area (TPSA) is 47.8 Å². The molecule has 0 aliphatic carbocycles. The van der Waals surface area contributed by atoms with Gasteiger partial charge >= 0.3 is 5.97 Å². The van der Waals surface area contributed by atoms with Gasteiger partial charge in [-0.25, -0.2) is 9.18 Å². The molecule has 0 saturated heterocycles. The van der Waals surface area contributed by atoms with E-state index in [0.717, 1.165) is 0 Å². The molecule has 0 bridgehead atoms. The predicted molar refractivity (Wildman–Crippen MR) is 77.1 cm³/mol. The number of nitrogens with zero attached hydrogens (tertiary/aromatic N) is 1. The molecule has 0 spiro atoms. The van der Waals surface area contributed by atoms with Crippen LogP contribution in [0.15, 0.2) is 47.4 Å². The van der Waals surface area contributed by atoms with E-state index in [-0.39, 0.29) is 17.6 Å². The summed E-state index contributed by atoms with van der Waals surface area (Å²) in [5.41, 5.74) is -0.0391. The minimum atomic E-state index is -0.739. The Morgan fingerprint density at radius 2 is 2.05 bits per heavy atom. The van der Waals surface area contributed by atoms with E-state index in [4.69, 9.17) is 4.74 Å². The van der Waals surface area contributed by atoms with Crippen LogP contribution in [0, 0.1) is 5.82 Å². The second-order valence-electron chi connectivity index (χ2n) is 4.55. The normalized spacial score (nSPS) is 11.0. The average molecular weight is 285 g/mol. The van der Waals surface area contributed by atoms with Gasteiger partial charge in [0.2, 0.25) is 0 Å². The molecule has 3 rings (SSSR count). The maximum Gasteiger partial charge on any atom is 0.344 e. The zero-order valence-electron chi connectivity index (χ0n) is 11.3. The highest BCUT2D eigenvalue weighted by Crippen LogP contribution is 2.23. The number of benzene rings is 1. The van der Waals surface area contributed by atoms with Gasteiger partial charge in [0, 0.05) is 17.0 Å². The minimum Gasteiger partial charge on any atom is -0.462 e. The Bertz CT molecular complexity index is 914. The fourth-order valence-corrected chi connectivity index (χ4v) is 2.42. The second-order valence-corrected chi connectivity index (χ2v) is 4.55. The zero-order valence-corrected chi connectivity index (χ0v) is 11.3. The Morgan fingerprint density at radius 1 is 1.24 bits per heavy atom. The molecule has 0 unspecified atom stereocenters. The number of pyridine rings is 2. The summed E-state index contributed by atoms with van der Waals surface area (Å²) < 4.78 is 19.8. The molecule has 5 heteroatoms.